The van der Waals surface area contributed by atoms with Crippen LogP contribution in [-0.2, 0) is 0 Å². The Bertz CT molecular complexity index is 600. The van der Waals surface area contributed by atoms with E-state index in [-0.39, 0.29) is 5.91 Å². The fourth-order valence-electron chi connectivity index (χ4n) is 1.74. The third-order valence-electron chi connectivity index (χ3n) is 2.85. The van der Waals surface area contributed by atoms with Crippen LogP contribution in [0.25, 0.3) is 0 Å². The maximum atomic E-state index is 11.8. The zero-order chi connectivity index (χ0) is 14.4. The van der Waals surface area contributed by atoms with Crippen LogP contribution in [0.1, 0.15) is 33.3 Å². The van der Waals surface area contributed by atoms with Crippen molar-refractivity contribution in [2.45, 2.75) is 12.5 Å². The van der Waals surface area contributed by atoms with E-state index in [1.54, 1.807) is 24.3 Å². The monoisotopic (exact) mass is 286 g/mol. The minimum atomic E-state index is -0.545. The molecule has 1 amide bonds. The van der Waals surface area contributed by atoms with Gasteiger partial charge in [-0.05, 0) is 42.1 Å². The highest BCUT2D eigenvalue weighted by atomic mass is 32.1. The summed E-state index contributed by atoms with van der Waals surface area (Å²) in [5, 5.41) is 23.2. The molecule has 0 spiro atoms. The van der Waals surface area contributed by atoms with E-state index >= 15 is 0 Å². The van der Waals surface area contributed by atoms with Crippen LogP contribution in [0.4, 0.5) is 0 Å². The van der Waals surface area contributed by atoms with Gasteiger partial charge in [-0.15, -0.1) is 11.3 Å². The first-order chi connectivity index (χ1) is 9.70. The third-order valence-corrected chi connectivity index (χ3v) is 3.82. The van der Waals surface area contributed by atoms with Crippen molar-refractivity contribution in [2.75, 3.05) is 6.54 Å². The standard InChI is InChI=1S/C15H14N2O2S/c16-10-11-3-5-12(6-4-11)15(19)17-8-7-13(18)14-2-1-9-20-14/h1-6,9,13,18H,7-8H2,(H,17,19)/t13-/m0/s1. The lowest BCUT2D eigenvalue weighted by Crippen LogP contribution is -2.25. The summed E-state index contributed by atoms with van der Waals surface area (Å²) in [4.78, 5) is 12.7. The van der Waals surface area contributed by atoms with E-state index in [0.717, 1.165) is 4.88 Å². The molecule has 0 saturated heterocycles. The van der Waals surface area contributed by atoms with Gasteiger partial charge in [-0.3, -0.25) is 4.79 Å². The van der Waals surface area contributed by atoms with Gasteiger partial charge < -0.3 is 10.4 Å². The van der Waals surface area contributed by atoms with Crippen molar-refractivity contribution >= 4 is 17.2 Å². The number of aliphatic hydroxyl groups excluding tert-OH is 1. The second-order valence-corrected chi connectivity index (χ2v) is 5.24. The number of rotatable bonds is 5. The quantitative estimate of drug-likeness (QED) is 0.886. The fraction of sp³-hybridized carbons (Fsp3) is 0.200. The smallest absolute Gasteiger partial charge is 0.251 e. The molecule has 4 nitrogen and oxygen atoms in total. The van der Waals surface area contributed by atoms with Gasteiger partial charge in [0.05, 0.1) is 17.7 Å². The molecule has 102 valence electrons. The molecule has 1 atom stereocenters. The zero-order valence-corrected chi connectivity index (χ0v) is 11.6. The van der Waals surface area contributed by atoms with Gasteiger partial charge in [0.1, 0.15) is 0 Å². The second kappa shape index (κ2) is 6.85. The second-order valence-electron chi connectivity index (χ2n) is 4.26. The third kappa shape index (κ3) is 3.67. The van der Waals surface area contributed by atoms with Gasteiger partial charge in [0.15, 0.2) is 0 Å². The number of nitrogens with zero attached hydrogens (tertiary/aromatic N) is 1. The molecule has 1 aromatic heterocycles. The fourth-order valence-corrected chi connectivity index (χ4v) is 2.49. The van der Waals surface area contributed by atoms with Crippen molar-refractivity contribution < 1.29 is 9.90 Å². The van der Waals surface area contributed by atoms with Gasteiger partial charge in [0.2, 0.25) is 0 Å². The predicted molar refractivity (Wildman–Crippen MR) is 77.4 cm³/mol. The molecular weight excluding hydrogens is 272 g/mol. The molecule has 0 aliphatic rings. The molecular formula is C15H14N2O2S. The van der Waals surface area contributed by atoms with Crippen LogP contribution in [0.3, 0.4) is 0 Å². The molecule has 0 fully saturated rings. The molecule has 2 aromatic rings. The summed E-state index contributed by atoms with van der Waals surface area (Å²) in [5.74, 6) is -0.201. The van der Waals surface area contributed by atoms with Crippen LogP contribution in [0.15, 0.2) is 41.8 Å². The van der Waals surface area contributed by atoms with Gasteiger partial charge >= 0.3 is 0 Å². The number of nitrogens with one attached hydrogen (secondary N) is 1. The number of thiophene rings is 1. The molecule has 1 aromatic carbocycles. The number of carbonyl (C=O) groups excluding carboxylic acids is 1. The minimum Gasteiger partial charge on any atom is -0.388 e. The Labute approximate surface area is 121 Å². The average Bonchev–Trinajstić information content (AvgIpc) is 3.01. The Kier molecular flexibility index (Phi) is 4.88. The number of hydrogen-bond donors (Lipinski definition) is 2. The van der Waals surface area contributed by atoms with Gasteiger partial charge in [0, 0.05) is 17.0 Å². The SMILES string of the molecule is N#Cc1ccc(C(=O)NCC[C@H](O)c2cccs2)cc1. The molecule has 0 saturated carbocycles. The van der Waals surface area contributed by atoms with E-state index in [4.69, 9.17) is 5.26 Å². The van der Waals surface area contributed by atoms with Gasteiger partial charge in [0.25, 0.3) is 5.91 Å². The van der Waals surface area contributed by atoms with Crippen LogP contribution >= 0.6 is 11.3 Å². The number of hydrogen-bond acceptors (Lipinski definition) is 4. The summed E-state index contributed by atoms with van der Waals surface area (Å²) in [5.41, 5.74) is 1.03. The van der Waals surface area contributed by atoms with Crippen LogP contribution < -0.4 is 5.32 Å². The van der Waals surface area contributed by atoms with Crippen LogP contribution in [0.2, 0.25) is 0 Å². The Morgan fingerprint density at radius 3 is 2.70 bits per heavy atom. The topological polar surface area (TPSA) is 73.1 Å². The molecule has 20 heavy (non-hydrogen) atoms. The van der Waals surface area contributed by atoms with E-state index in [9.17, 15) is 9.90 Å². The van der Waals surface area contributed by atoms with E-state index in [2.05, 4.69) is 5.32 Å². The average molecular weight is 286 g/mol. The van der Waals surface area contributed by atoms with E-state index in [1.165, 1.54) is 11.3 Å². The molecule has 2 N–H and O–H groups in total. The van der Waals surface area contributed by atoms with E-state index in [1.807, 2.05) is 23.6 Å². The first kappa shape index (κ1) is 14.3. The Balaban J connectivity index is 1.81. The Morgan fingerprint density at radius 2 is 2.10 bits per heavy atom. The van der Waals surface area contributed by atoms with Crippen molar-refractivity contribution in [3.05, 3.63) is 57.8 Å². The lowest BCUT2D eigenvalue weighted by Gasteiger charge is -2.09. The highest BCUT2D eigenvalue weighted by Crippen LogP contribution is 2.20. The molecule has 0 aliphatic carbocycles. The molecule has 1 heterocycles. The summed E-state index contributed by atoms with van der Waals surface area (Å²) in [7, 11) is 0. The normalized spacial score (nSPS) is 11.6. The molecule has 0 unspecified atom stereocenters. The first-order valence-electron chi connectivity index (χ1n) is 6.20. The van der Waals surface area contributed by atoms with E-state index < -0.39 is 6.10 Å². The molecule has 2 rings (SSSR count). The number of amides is 1. The van der Waals surface area contributed by atoms with Crippen LogP contribution in [-0.4, -0.2) is 17.6 Å². The first-order valence-corrected chi connectivity index (χ1v) is 7.08. The number of aliphatic hydroxyl groups is 1. The molecule has 5 heteroatoms. The highest BCUT2D eigenvalue weighted by Gasteiger charge is 2.10. The zero-order valence-electron chi connectivity index (χ0n) is 10.7. The summed E-state index contributed by atoms with van der Waals surface area (Å²) in [6.07, 6.45) is -0.0704. The maximum absolute atomic E-state index is 11.8. The van der Waals surface area contributed by atoms with Crippen LogP contribution in [0, 0.1) is 11.3 Å². The van der Waals surface area contributed by atoms with Crippen LogP contribution in [0.5, 0.6) is 0 Å². The lowest BCUT2D eigenvalue weighted by molar-refractivity contribution is 0.0943. The molecule has 0 bridgehead atoms. The van der Waals surface area contributed by atoms with Crippen molar-refractivity contribution in [2.24, 2.45) is 0 Å². The van der Waals surface area contributed by atoms with Crippen molar-refractivity contribution in [3.8, 4) is 6.07 Å². The van der Waals surface area contributed by atoms with Gasteiger partial charge in [-0.1, -0.05) is 6.07 Å². The minimum absolute atomic E-state index is 0.201. The van der Waals surface area contributed by atoms with Crippen molar-refractivity contribution in [1.82, 2.24) is 5.32 Å². The Morgan fingerprint density at radius 1 is 1.35 bits per heavy atom. The van der Waals surface area contributed by atoms with Gasteiger partial charge in [-0.25, -0.2) is 0 Å². The summed E-state index contributed by atoms with van der Waals surface area (Å²) in [6, 6.07) is 12.2. The summed E-state index contributed by atoms with van der Waals surface area (Å²) < 4.78 is 0. The van der Waals surface area contributed by atoms with E-state index in [0.29, 0.717) is 24.1 Å². The Hall–Kier alpha value is -2.16. The van der Waals surface area contributed by atoms with Crippen molar-refractivity contribution in [3.63, 3.8) is 0 Å². The highest BCUT2D eigenvalue weighted by molar-refractivity contribution is 7.10. The maximum Gasteiger partial charge on any atom is 0.251 e. The summed E-state index contributed by atoms with van der Waals surface area (Å²) >= 11 is 1.50. The van der Waals surface area contributed by atoms with Gasteiger partial charge in [-0.2, -0.15) is 5.26 Å². The molecule has 0 aliphatic heterocycles. The lowest BCUT2D eigenvalue weighted by atomic mass is 10.1. The largest absolute Gasteiger partial charge is 0.388 e. The number of carbonyl (C=O) groups is 1. The summed E-state index contributed by atoms with van der Waals surface area (Å²) in [6.45, 7) is 0.401. The number of nitriles is 1. The molecule has 0 radical (unpaired) electrons. The number of benzene rings is 1. The predicted octanol–water partition coefficient (Wildman–Crippen LogP) is 2.47. The van der Waals surface area contributed by atoms with Crippen molar-refractivity contribution in [1.29, 1.82) is 5.26 Å².